The molecule has 0 aliphatic carbocycles. The Hall–Kier alpha value is -0.120. The van der Waals surface area contributed by atoms with E-state index in [2.05, 4.69) is 45.3 Å². The summed E-state index contributed by atoms with van der Waals surface area (Å²) in [6, 6.07) is 0. The lowest BCUT2D eigenvalue weighted by molar-refractivity contribution is 0.109. The van der Waals surface area contributed by atoms with Crippen molar-refractivity contribution < 1.29 is 0 Å². The lowest BCUT2D eigenvalue weighted by Crippen LogP contribution is -2.68. The molecule has 0 aromatic heterocycles. The monoisotopic (exact) mass is 524 g/mol. The van der Waals surface area contributed by atoms with Gasteiger partial charge in [0.25, 0.3) is 0 Å². The maximum absolute atomic E-state index is 7.68. The van der Waals surface area contributed by atoms with Gasteiger partial charge in [0.1, 0.15) is 0 Å². The predicted molar refractivity (Wildman–Crippen MR) is 170 cm³/mol. The van der Waals surface area contributed by atoms with Crippen molar-refractivity contribution in [1.29, 1.82) is 0 Å². The van der Waals surface area contributed by atoms with Gasteiger partial charge in [-0.05, 0) is 38.6 Å². The molecule has 3 nitrogen and oxygen atoms in total. The number of hydrogen-bond donors (Lipinski definition) is 3. The Balaban J connectivity index is 5.63. The molecular weight excluding hydrogens is 450 g/mol. The van der Waals surface area contributed by atoms with Crippen LogP contribution in [-0.2, 0) is 0 Å². The van der Waals surface area contributed by atoms with Crippen LogP contribution in [0.5, 0.6) is 0 Å². The summed E-state index contributed by atoms with van der Waals surface area (Å²) < 4.78 is 0. The van der Waals surface area contributed by atoms with Gasteiger partial charge in [-0.25, -0.2) is 0 Å². The van der Waals surface area contributed by atoms with E-state index < -0.39 is 0 Å². The molecule has 0 saturated carbocycles. The van der Waals surface area contributed by atoms with E-state index >= 15 is 0 Å². The molecule has 0 aromatic rings. The molecule has 0 spiro atoms. The van der Waals surface area contributed by atoms with Gasteiger partial charge in [0.2, 0.25) is 0 Å². The van der Waals surface area contributed by atoms with Crippen LogP contribution in [-0.4, -0.2) is 30.7 Å². The lowest BCUT2D eigenvalue weighted by Gasteiger charge is -2.51. The molecule has 0 atom stereocenters. The molecule has 0 rings (SSSR count). The summed E-state index contributed by atoms with van der Waals surface area (Å²) in [4.78, 5) is 0. The molecule has 37 heavy (non-hydrogen) atoms. The summed E-state index contributed by atoms with van der Waals surface area (Å²) >= 11 is 0. The molecule has 0 radical (unpaired) electrons. The normalized spacial score (nSPS) is 12.5. The maximum atomic E-state index is 7.68. The Morgan fingerprint density at radius 3 is 1.19 bits per heavy atom. The van der Waals surface area contributed by atoms with E-state index in [0.717, 1.165) is 19.6 Å². The molecule has 0 heterocycles. The van der Waals surface area contributed by atoms with E-state index in [0.29, 0.717) is 0 Å². The summed E-state index contributed by atoms with van der Waals surface area (Å²) in [6.45, 7) is 14.9. The van der Waals surface area contributed by atoms with Crippen molar-refractivity contribution in [3.05, 3.63) is 0 Å². The Morgan fingerprint density at radius 1 is 0.405 bits per heavy atom. The fraction of sp³-hybridized carbons (Fsp3) is 1.00. The first kappa shape index (κ1) is 36.9. The van der Waals surface area contributed by atoms with Crippen LogP contribution in [0.15, 0.2) is 0 Å². The summed E-state index contributed by atoms with van der Waals surface area (Å²) in [5.41, 5.74) is 7.67. The molecule has 0 aromatic carbocycles. The van der Waals surface area contributed by atoms with Crippen molar-refractivity contribution in [3.8, 4) is 0 Å². The molecule has 0 aliphatic rings. The van der Waals surface area contributed by atoms with E-state index in [-0.39, 0.29) is 11.1 Å². The first-order valence-corrected chi connectivity index (χ1v) is 17.3. The molecule has 4 N–H and O–H groups in total. The van der Waals surface area contributed by atoms with Gasteiger partial charge in [0.15, 0.2) is 0 Å². The third-order valence-corrected chi connectivity index (χ3v) is 8.79. The van der Waals surface area contributed by atoms with Crippen LogP contribution in [0.1, 0.15) is 189 Å². The highest BCUT2D eigenvalue weighted by atomic mass is 15.1. The van der Waals surface area contributed by atoms with Gasteiger partial charge in [-0.2, -0.15) is 0 Å². The molecule has 0 aliphatic heterocycles. The first-order chi connectivity index (χ1) is 18.1. The van der Waals surface area contributed by atoms with Crippen LogP contribution >= 0.6 is 0 Å². The Labute approximate surface area is 235 Å². The van der Waals surface area contributed by atoms with Crippen molar-refractivity contribution in [2.24, 2.45) is 5.73 Å². The Morgan fingerprint density at radius 2 is 0.784 bits per heavy atom. The van der Waals surface area contributed by atoms with Crippen molar-refractivity contribution in [2.75, 3.05) is 19.6 Å². The Bertz CT molecular complexity index is 426. The third kappa shape index (κ3) is 18.0. The van der Waals surface area contributed by atoms with E-state index in [9.17, 15) is 0 Å². The minimum atomic E-state index is -0.0892. The van der Waals surface area contributed by atoms with Gasteiger partial charge in [-0.15, -0.1) is 0 Å². The summed E-state index contributed by atoms with van der Waals surface area (Å²) in [5, 5.41) is 7.96. The van der Waals surface area contributed by atoms with E-state index in [1.807, 2.05) is 0 Å². The lowest BCUT2D eigenvalue weighted by atomic mass is 9.66. The van der Waals surface area contributed by atoms with Crippen molar-refractivity contribution >= 4 is 0 Å². The number of unbranched alkanes of at least 4 members (excludes halogenated alkanes) is 15. The van der Waals surface area contributed by atoms with Crippen molar-refractivity contribution in [2.45, 2.75) is 200 Å². The highest BCUT2D eigenvalue weighted by Crippen LogP contribution is 2.39. The largest absolute Gasteiger partial charge is 0.324 e. The molecule has 0 amide bonds. The third-order valence-electron chi connectivity index (χ3n) is 8.79. The van der Waals surface area contributed by atoms with Gasteiger partial charge in [0.05, 0.1) is 0 Å². The molecule has 0 fully saturated rings. The fourth-order valence-electron chi connectivity index (χ4n) is 6.21. The second-order valence-corrected chi connectivity index (χ2v) is 12.2. The van der Waals surface area contributed by atoms with Crippen LogP contribution in [0.3, 0.4) is 0 Å². The fourth-order valence-corrected chi connectivity index (χ4v) is 6.21. The van der Waals surface area contributed by atoms with Gasteiger partial charge in [-0.1, -0.05) is 157 Å². The summed E-state index contributed by atoms with van der Waals surface area (Å²) in [5.74, 6) is 0. The van der Waals surface area contributed by atoms with Gasteiger partial charge < -0.3 is 16.4 Å². The van der Waals surface area contributed by atoms with E-state index in [1.54, 1.807) is 0 Å². The minimum Gasteiger partial charge on any atom is -0.324 e. The van der Waals surface area contributed by atoms with Crippen LogP contribution in [0, 0.1) is 0 Å². The first-order valence-electron chi connectivity index (χ1n) is 17.3. The second kappa shape index (κ2) is 26.1. The molecular formula is C34H73N3. The number of nitrogens with two attached hydrogens (primary N) is 1. The molecule has 0 unspecified atom stereocenters. The smallest absolute Gasteiger partial charge is 0.0362 e. The molecule has 3 heteroatoms. The average Bonchev–Trinajstić information content (AvgIpc) is 2.90. The topological polar surface area (TPSA) is 50.1 Å². The minimum absolute atomic E-state index is 0.0802. The highest BCUT2D eigenvalue weighted by molar-refractivity contribution is 5.09. The Kier molecular flexibility index (Phi) is 26.0. The van der Waals surface area contributed by atoms with E-state index in [1.165, 1.54) is 154 Å². The number of nitrogens with one attached hydrogen (secondary N) is 2. The van der Waals surface area contributed by atoms with Crippen LogP contribution in [0.2, 0.25) is 0 Å². The average molecular weight is 524 g/mol. The number of hydrogen-bond acceptors (Lipinski definition) is 3. The van der Waals surface area contributed by atoms with Gasteiger partial charge >= 0.3 is 0 Å². The number of rotatable bonds is 30. The zero-order chi connectivity index (χ0) is 27.5. The quantitative estimate of drug-likeness (QED) is 0.0821. The van der Waals surface area contributed by atoms with Crippen LogP contribution in [0.25, 0.3) is 0 Å². The van der Waals surface area contributed by atoms with E-state index in [4.69, 9.17) is 5.73 Å². The molecule has 0 bridgehead atoms. The maximum Gasteiger partial charge on any atom is 0.0362 e. The van der Waals surface area contributed by atoms with Crippen LogP contribution < -0.4 is 16.4 Å². The molecule has 224 valence electrons. The molecule has 0 saturated heterocycles. The van der Waals surface area contributed by atoms with Crippen molar-refractivity contribution in [3.63, 3.8) is 0 Å². The zero-order valence-electron chi connectivity index (χ0n) is 26.7. The second-order valence-electron chi connectivity index (χ2n) is 12.2. The summed E-state index contributed by atoms with van der Waals surface area (Å²) in [6.07, 6.45) is 31.5. The van der Waals surface area contributed by atoms with Crippen LogP contribution in [0.4, 0.5) is 0 Å². The summed E-state index contributed by atoms with van der Waals surface area (Å²) in [7, 11) is 0. The highest BCUT2D eigenvalue weighted by Gasteiger charge is 2.46. The van der Waals surface area contributed by atoms with Gasteiger partial charge in [-0.3, -0.25) is 0 Å². The standard InChI is InChI=1S/C34H73N3/c1-6-11-16-21-26-33(35,27-22-17-12-7-2)34(28-23-18-13-8-3,29-24-19-14-9-4)37-32-31-36-30-25-20-15-10-5/h36-37H,6-32,35H2,1-5H3. The van der Waals surface area contributed by atoms with Crippen molar-refractivity contribution in [1.82, 2.24) is 10.6 Å². The SMILES string of the molecule is CCCCCCNCCNC(CCCCCC)(CCCCCC)C(N)(CCCCCC)CCCCCC. The van der Waals surface area contributed by atoms with Gasteiger partial charge in [0, 0.05) is 24.2 Å². The zero-order valence-corrected chi connectivity index (χ0v) is 26.7. The predicted octanol–water partition coefficient (Wildman–Crippen LogP) is 10.1.